The van der Waals surface area contributed by atoms with Crippen LogP contribution >= 0.6 is 0 Å². The minimum atomic E-state index is -0.171. The zero-order valence-electron chi connectivity index (χ0n) is 17.5. The quantitative estimate of drug-likeness (QED) is 0.658. The summed E-state index contributed by atoms with van der Waals surface area (Å²) in [6.07, 6.45) is 10.9. The van der Waals surface area contributed by atoms with Crippen molar-refractivity contribution in [1.29, 1.82) is 0 Å². The van der Waals surface area contributed by atoms with E-state index in [1.165, 1.54) is 51.6 Å². The summed E-state index contributed by atoms with van der Waals surface area (Å²) in [5, 5.41) is 0. The fourth-order valence-electron chi connectivity index (χ4n) is 4.80. The third-order valence-corrected chi connectivity index (χ3v) is 6.61. The van der Waals surface area contributed by atoms with E-state index in [9.17, 15) is 4.79 Å². The molecule has 2 aromatic rings. The van der Waals surface area contributed by atoms with Gasteiger partial charge in [0.1, 0.15) is 5.52 Å². The molecule has 0 atom stereocenters. The summed E-state index contributed by atoms with van der Waals surface area (Å²) >= 11 is 0. The molecule has 29 heavy (non-hydrogen) atoms. The van der Waals surface area contributed by atoms with Crippen molar-refractivity contribution in [1.82, 2.24) is 24.4 Å². The van der Waals surface area contributed by atoms with Gasteiger partial charge in [0.15, 0.2) is 11.5 Å². The molecule has 160 valence electrons. The summed E-state index contributed by atoms with van der Waals surface area (Å²) in [6.45, 7) is 5.70. The lowest BCUT2D eigenvalue weighted by Crippen LogP contribution is -2.40. The van der Waals surface area contributed by atoms with Crippen LogP contribution in [0.1, 0.15) is 64.7 Å². The van der Waals surface area contributed by atoms with Gasteiger partial charge in [-0.15, -0.1) is 0 Å². The molecule has 0 radical (unpaired) electrons. The van der Waals surface area contributed by atoms with Gasteiger partial charge >= 0.3 is 11.7 Å². The molecule has 2 aromatic heterocycles. The molecular formula is C21H34N6O2. The average Bonchev–Trinajstić information content (AvgIpc) is 3.36. The number of nitrogens with one attached hydrogen (secondary N) is 1. The number of nitrogen functional groups attached to an aromatic ring is 1. The van der Waals surface area contributed by atoms with E-state index in [1.807, 2.05) is 0 Å². The molecule has 8 nitrogen and oxygen atoms in total. The second-order valence-electron chi connectivity index (χ2n) is 8.58. The van der Waals surface area contributed by atoms with Crippen LogP contribution in [0.15, 0.2) is 4.79 Å². The van der Waals surface area contributed by atoms with Crippen LogP contribution in [0.3, 0.4) is 0 Å². The maximum Gasteiger partial charge on any atom is 0.327 e. The molecule has 1 saturated heterocycles. The van der Waals surface area contributed by atoms with Crippen LogP contribution in [0.4, 0.5) is 5.82 Å². The molecular weight excluding hydrogens is 368 g/mol. The molecule has 0 amide bonds. The van der Waals surface area contributed by atoms with Gasteiger partial charge < -0.3 is 20.4 Å². The smallest absolute Gasteiger partial charge is 0.327 e. The molecule has 0 spiro atoms. The summed E-state index contributed by atoms with van der Waals surface area (Å²) in [6, 6.07) is 1.07. The van der Waals surface area contributed by atoms with E-state index in [2.05, 4.69) is 26.8 Å². The molecule has 8 heteroatoms. The van der Waals surface area contributed by atoms with Gasteiger partial charge in [0.25, 0.3) is 0 Å². The molecule has 1 aliphatic heterocycles. The molecule has 0 aromatic carbocycles. The highest BCUT2D eigenvalue weighted by Crippen LogP contribution is 2.29. The number of piperidine rings is 1. The van der Waals surface area contributed by atoms with Gasteiger partial charge in [0, 0.05) is 12.6 Å². The number of imidazole rings is 1. The number of hydrogen-bond acceptors (Lipinski definition) is 6. The first-order chi connectivity index (χ1) is 14.2. The first-order valence-electron chi connectivity index (χ1n) is 11.3. The lowest BCUT2D eigenvalue weighted by molar-refractivity contribution is 0.129. The van der Waals surface area contributed by atoms with Crippen molar-refractivity contribution in [2.45, 2.75) is 77.3 Å². The summed E-state index contributed by atoms with van der Waals surface area (Å²) < 4.78 is 7.32. The lowest BCUT2D eigenvalue weighted by atomic mass is 9.92. The Morgan fingerprint density at radius 1 is 1.17 bits per heavy atom. The lowest BCUT2D eigenvalue weighted by Gasteiger charge is -2.36. The van der Waals surface area contributed by atoms with Crippen LogP contribution in [0, 0.1) is 5.92 Å². The number of rotatable bonds is 8. The number of fused-ring (bicyclic) bond motifs is 1. The van der Waals surface area contributed by atoms with Gasteiger partial charge in [0.2, 0.25) is 0 Å². The van der Waals surface area contributed by atoms with Crippen molar-refractivity contribution >= 4 is 17.0 Å². The molecule has 1 aliphatic carbocycles. The van der Waals surface area contributed by atoms with E-state index in [4.69, 9.17) is 10.5 Å². The molecule has 0 bridgehead atoms. The number of likely N-dealkylation sites (tertiary alicyclic amines) is 1. The first-order valence-corrected chi connectivity index (χ1v) is 11.3. The van der Waals surface area contributed by atoms with Gasteiger partial charge in [-0.1, -0.05) is 26.2 Å². The number of hydrogen-bond donors (Lipinski definition) is 2. The Balaban J connectivity index is 1.39. The normalized spacial score (nSPS) is 19.3. The Morgan fingerprint density at radius 2 is 1.93 bits per heavy atom. The Morgan fingerprint density at radius 3 is 2.66 bits per heavy atom. The SMILES string of the molecule is CCCCOc1nc(N)c2[nH]c(=O)n(CCC3CCN(C4CCCC4)CC3)c2n1. The Bertz CT molecular complexity index is 862. The van der Waals surface area contributed by atoms with Crippen LogP contribution in [0.25, 0.3) is 11.2 Å². The zero-order chi connectivity index (χ0) is 20.2. The van der Waals surface area contributed by atoms with E-state index in [0.717, 1.165) is 25.3 Å². The van der Waals surface area contributed by atoms with Crippen molar-refractivity contribution < 1.29 is 4.74 Å². The molecule has 1 saturated carbocycles. The first kappa shape index (κ1) is 20.2. The predicted molar refractivity (Wildman–Crippen MR) is 114 cm³/mol. The Kier molecular flexibility index (Phi) is 6.37. The fourth-order valence-corrected chi connectivity index (χ4v) is 4.80. The van der Waals surface area contributed by atoms with Crippen molar-refractivity contribution in [3.63, 3.8) is 0 Å². The largest absolute Gasteiger partial charge is 0.463 e. The van der Waals surface area contributed by atoms with E-state index >= 15 is 0 Å². The van der Waals surface area contributed by atoms with Crippen LogP contribution < -0.4 is 16.2 Å². The number of anilines is 1. The van der Waals surface area contributed by atoms with Crippen molar-refractivity contribution in [3.05, 3.63) is 10.5 Å². The number of nitrogens with two attached hydrogens (primary N) is 1. The van der Waals surface area contributed by atoms with Crippen molar-refractivity contribution in [2.24, 2.45) is 5.92 Å². The second-order valence-corrected chi connectivity index (χ2v) is 8.58. The Labute approximate surface area is 171 Å². The molecule has 0 unspecified atom stereocenters. The van der Waals surface area contributed by atoms with Gasteiger partial charge in [-0.2, -0.15) is 9.97 Å². The molecule has 2 fully saturated rings. The summed E-state index contributed by atoms with van der Waals surface area (Å²) in [7, 11) is 0. The number of unbranched alkanes of at least 4 members (excludes halogenated alkanes) is 1. The fraction of sp³-hybridized carbons (Fsp3) is 0.762. The maximum atomic E-state index is 12.5. The number of nitrogens with zero attached hydrogens (tertiary/aromatic N) is 4. The molecule has 3 heterocycles. The number of H-pyrrole nitrogens is 1. The summed E-state index contributed by atoms with van der Waals surface area (Å²) in [4.78, 5) is 26.6. The number of ether oxygens (including phenoxy) is 1. The third-order valence-electron chi connectivity index (χ3n) is 6.61. The van der Waals surface area contributed by atoms with Gasteiger partial charge in [0.05, 0.1) is 6.61 Å². The van der Waals surface area contributed by atoms with Crippen LogP contribution in [-0.4, -0.2) is 50.2 Å². The zero-order valence-corrected chi connectivity index (χ0v) is 17.5. The number of aromatic amines is 1. The van der Waals surface area contributed by atoms with E-state index in [1.54, 1.807) is 4.57 Å². The Hall–Kier alpha value is -2.09. The minimum Gasteiger partial charge on any atom is -0.463 e. The van der Waals surface area contributed by atoms with Crippen molar-refractivity contribution in [3.8, 4) is 6.01 Å². The highest BCUT2D eigenvalue weighted by atomic mass is 16.5. The van der Waals surface area contributed by atoms with Gasteiger partial charge in [-0.3, -0.25) is 4.57 Å². The van der Waals surface area contributed by atoms with Crippen molar-refractivity contribution in [2.75, 3.05) is 25.4 Å². The molecule has 3 N–H and O–H groups in total. The topological polar surface area (TPSA) is 102 Å². The monoisotopic (exact) mass is 402 g/mol. The molecule has 4 rings (SSSR count). The highest BCUT2D eigenvalue weighted by Gasteiger charge is 2.27. The maximum absolute atomic E-state index is 12.5. The standard InChI is InChI=1S/C21H34N6O2/c1-2-3-14-29-20-24-18(22)17-19(25-20)27(21(28)23-17)13-10-15-8-11-26(12-9-15)16-6-4-5-7-16/h15-16H,2-14H2,1H3,(H,23,28)(H2,22,24,25). The third kappa shape index (κ3) is 4.57. The average molecular weight is 403 g/mol. The van der Waals surface area contributed by atoms with E-state index in [-0.39, 0.29) is 17.5 Å². The van der Waals surface area contributed by atoms with Crippen LogP contribution in [-0.2, 0) is 6.54 Å². The molecule has 2 aliphatic rings. The summed E-state index contributed by atoms with van der Waals surface area (Å²) in [5.74, 6) is 0.922. The van der Waals surface area contributed by atoms with Gasteiger partial charge in [-0.25, -0.2) is 4.79 Å². The van der Waals surface area contributed by atoms with Gasteiger partial charge in [-0.05, 0) is 57.5 Å². The number of aryl methyl sites for hydroxylation is 1. The van der Waals surface area contributed by atoms with E-state index < -0.39 is 0 Å². The summed E-state index contributed by atoms with van der Waals surface area (Å²) in [5.41, 5.74) is 6.93. The minimum absolute atomic E-state index is 0.171. The highest BCUT2D eigenvalue weighted by molar-refractivity contribution is 5.81. The van der Waals surface area contributed by atoms with Crippen LogP contribution in [0.5, 0.6) is 6.01 Å². The predicted octanol–water partition coefficient (Wildman–Crippen LogP) is 2.93. The second kappa shape index (κ2) is 9.15. The van der Waals surface area contributed by atoms with Crippen LogP contribution in [0.2, 0.25) is 0 Å². The van der Waals surface area contributed by atoms with E-state index in [0.29, 0.717) is 30.2 Å². The number of aromatic nitrogens is 4.